The van der Waals surface area contributed by atoms with Crippen LogP contribution in [0.15, 0.2) is 18.3 Å². The molecule has 1 aliphatic rings. The third kappa shape index (κ3) is 4.26. The molecule has 0 radical (unpaired) electrons. The number of carbonyl (C=O) groups excluding carboxylic acids is 1. The van der Waals surface area contributed by atoms with E-state index in [9.17, 15) is 4.79 Å². The van der Waals surface area contributed by atoms with E-state index < -0.39 is 5.60 Å². The second-order valence-electron chi connectivity index (χ2n) is 7.66. The molecule has 1 amide bonds. The number of amides is 1. The van der Waals surface area contributed by atoms with Gasteiger partial charge in [-0.05, 0) is 66.6 Å². The summed E-state index contributed by atoms with van der Waals surface area (Å²) in [5.74, 6) is 0.736. The number of anilines is 1. The van der Waals surface area contributed by atoms with Crippen molar-refractivity contribution in [3.63, 3.8) is 0 Å². The van der Waals surface area contributed by atoms with E-state index in [1.54, 1.807) is 11.1 Å². The monoisotopic (exact) mass is 333 g/mol. The first-order valence-electron chi connectivity index (χ1n) is 8.92. The van der Waals surface area contributed by atoms with Crippen molar-refractivity contribution in [3.05, 3.63) is 23.9 Å². The second-order valence-corrected chi connectivity index (χ2v) is 7.66. The normalized spacial score (nSPS) is 20.0. The number of likely N-dealkylation sites (tertiary alicyclic amines) is 1. The van der Waals surface area contributed by atoms with E-state index in [4.69, 9.17) is 4.74 Å². The highest BCUT2D eigenvalue weighted by molar-refractivity contribution is 5.88. The molecule has 0 aliphatic carbocycles. The van der Waals surface area contributed by atoms with E-state index in [0.717, 1.165) is 30.8 Å². The van der Waals surface area contributed by atoms with Gasteiger partial charge in [-0.1, -0.05) is 13.0 Å². The van der Waals surface area contributed by atoms with E-state index in [0.29, 0.717) is 6.04 Å². The number of aromatic nitrogens is 1. The zero-order valence-electron chi connectivity index (χ0n) is 15.9. The third-order valence-electron chi connectivity index (χ3n) is 4.55. The average Bonchev–Trinajstić information content (AvgIpc) is 2.92. The number of hydrogen-bond donors (Lipinski definition) is 0. The summed E-state index contributed by atoms with van der Waals surface area (Å²) in [6, 6.07) is 4.38. The Bertz CT molecular complexity index is 568. The SMILES string of the molecule is CC[C@H](C)N(C(=O)OC(C)(C)C)c1ncccc1[C@H]1CCCN1C. The summed E-state index contributed by atoms with van der Waals surface area (Å²) in [5, 5.41) is 0. The van der Waals surface area contributed by atoms with Gasteiger partial charge in [0.25, 0.3) is 0 Å². The molecule has 2 rings (SSSR count). The Morgan fingerprint density at radius 3 is 2.75 bits per heavy atom. The molecule has 0 bridgehead atoms. The first-order valence-corrected chi connectivity index (χ1v) is 8.92. The lowest BCUT2D eigenvalue weighted by Gasteiger charge is -2.33. The Labute approximate surface area is 146 Å². The predicted molar refractivity (Wildman–Crippen MR) is 97.3 cm³/mol. The third-order valence-corrected chi connectivity index (χ3v) is 4.55. The van der Waals surface area contributed by atoms with Gasteiger partial charge in [0.15, 0.2) is 0 Å². The summed E-state index contributed by atoms with van der Waals surface area (Å²) in [6.45, 7) is 10.9. The molecule has 5 nitrogen and oxygen atoms in total. The molecule has 1 fully saturated rings. The van der Waals surface area contributed by atoms with Crippen molar-refractivity contribution in [2.24, 2.45) is 0 Å². The molecule has 0 aromatic carbocycles. The minimum absolute atomic E-state index is 0.0280. The Morgan fingerprint density at radius 2 is 2.21 bits per heavy atom. The lowest BCUT2D eigenvalue weighted by atomic mass is 10.0. The first kappa shape index (κ1) is 18.7. The predicted octanol–water partition coefficient (Wildman–Crippen LogP) is 4.39. The van der Waals surface area contributed by atoms with Gasteiger partial charge in [0.05, 0.1) is 0 Å². The van der Waals surface area contributed by atoms with Gasteiger partial charge >= 0.3 is 6.09 Å². The summed E-state index contributed by atoms with van der Waals surface area (Å²) in [5.41, 5.74) is 0.589. The summed E-state index contributed by atoms with van der Waals surface area (Å²) in [7, 11) is 2.13. The van der Waals surface area contributed by atoms with Crippen LogP contribution in [0.2, 0.25) is 0 Å². The molecule has 1 aromatic heterocycles. The van der Waals surface area contributed by atoms with Crippen LogP contribution in [-0.2, 0) is 4.74 Å². The molecule has 1 saturated heterocycles. The van der Waals surface area contributed by atoms with Crippen LogP contribution < -0.4 is 4.90 Å². The average molecular weight is 333 g/mol. The second kappa shape index (κ2) is 7.51. The molecular formula is C19H31N3O2. The molecule has 0 unspecified atom stereocenters. The van der Waals surface area contributed by atoms with E-state index in [2.05, 4.69) is 29.9 Å². The van der Waals surface area contributed by atoms with E-state index >= 15 is 0 Å². The number of ether oxygens (including phenoxy) is 1. The fourth-order valence-corrected chi connectivity index (χ4v) is 3.14. The lowest BCUT2D eigenvalue weighted by molar-refractivity contribution is 0.0565. The molecule has 0 N–H and O–H groups in total. The maximum absolute atomic E-state index is 12.9. The van der Waals surface area contributed by atoms with E-state index in [1.807, 2.05) is 33.8 Å². The van der Waals surface area contributed by atoms with Gasteiger partial charge in [-0.25, -0.2) is 9.78 Å². The van der Waals surface area contributed by atoms with Crippen molar-refractivity contribution in [3.8, 4) is 0 Å². The van der Waals surface area contributed by atoms with Gasteiger partial charge < -0.3 is 4.74 Å². The largest absolute Gasteiger partial charge is 0.443 e. The van der Waals surface area contributed by atoms with Crippen LogP contribution in [0.25, 0.3) is 0 Å². The van der Waals surface area contributed by atoms with Crippen LogP contribution in [0, 0.1) is 0 Å². The topological polar surface area (TPSA) is 45.7 Å². The van der Waals surface area contributed by atoms with Gasteiger partial charge in [0, 0.05) is 23.8 Å². The summed E-state index contributed by atoms with van der Waals surface area (Å²) >= 11 is 0. The van der Waals surface area contributed by atoms with E-state index in [1.165, 1.54) is 6.42 Å². The Balaban J connectivity index is 2.41. The van der Waals surface area contributed by atoms with Crippen LogP contribution in [-0.4, -0.2) is 41.2 Å². The zero-order valence-corrected chi connectivity index (χ0v) is 15.9. The number of pyridine rings is 1. The minimum atomic E-state index is -0.526. The highest BCUT2D eigenvalue weighted by atomic mass is 16.6. The zero-order chi connectivity index (χ0) is 17.9. The number of rotatable bonds is 4. The van der Waals surface area contributed by atoms with Crippen LogP contribution in [0.5, 0.6) is 0 Å². The first-order chi connectivity index (χ1) is 11.2. The van der Waals surface area contributed by atoms with Crippen molar-refractivity contribution in [2.45, 2.75) is 71.6 Å². The Morgan fingerprint density at radius 1 is 1.50 bits per heavy atom. The standard InChI is InChI=1S/C19H31N3O2/c1-7-14(2)22(18(23)24-19(3,4)5)17-15(10-8-12-20-17)16-11-9-13-21(16)6/h8,10,12,14,16H,7,9,11,13H2,1-6H3/t14-,16+/m0/s1. The quantitative estimate of drug-likeness (QED) is 0.820. The van der Waals surface area contributed by atoms with Crippen LogP contribution in [0.1, 0.15) is 65.5 Å². The minimum Gasteiger partial charge on any atom is -0.443 e. The molecule has 1 aliphatic heterocycles. The maximum Gasteiger partial charge on any atom is 0.416 e. The fraction of sp³-hybridized carbons (Fsp3) is 0.684. The van der Waals surface area contributed by atoms with Crippen molar-refractivity contribution < 1.29 is 9.53 Å². The molecule has 1 aromatic rings. The van der Waals surface area contributed by atoms with Gasteiger partial charge in [-0.3, -0.25) is 9.80 Å². The summed E-state index contributed by atoms with van der Waals surface area (Å²) in [6.07, 6.45) is 4.55. The highest BCUT2D eigenvalue weighted by Gasteiger charge is 2.33. The maximum atomic E-state index is 12.9. The molecule has 5 heteroatoms. The lowest BCUT2D eigenvalue weighted by Crippen LogP contribution is -2.43. The van der Waals surface area contributed by atoms with Crippen LogP contribution >= 0.6 is 0 Å². The Hall–Kier alpha value is -1.62. The smallest absolute Gasteiger partial charge is 0.416 e. The molecule has 24 heavy (non-hydrogen) atoms. The van der Waals surface area contributed by atoms with Crippen molar-refractivity contribution in [1.29, 1.82) is 0 Å². The summed E-state index contributed by atoms with van der Waals surface area (Å²) < 4.78 is 5.66. The van der Waals surface area contributed by atoms with Crippen molar-refractivity contribution >= 4 is 11.9 Å². The molecular weight excluding hydrogens is 302 g/mol. The van der Waals surface area contributed by atoms with Gasteiger partial charge in [-0.15, -0.1) is 0 Å². The van der Waals surface area contributed by atoms with Crippen LogP contribution in [0.4, 0.5) is 10.6 Å². The molecule has 0 spiro atoms. The van der Waals surface area contributed by atoms with Gasteiger partial charge in [0.2, 0.25) is 0 Å². The van der Waals surface area contributed by atoms with Gasteiger partial charge in [0.1, 0.15) is 11.4 Å². The highest BCUT2D eigenvalue weighted by Crippen LogP contribution is 2.36. The van der Waals surface area contributed by atoms with Crippen LogP contribution in [0.3, 0.4) is 0 Å². The number of nitrogens with zero attached hydrogens (tertiary/aromatic N) is 3. The molecule has 0 saturated carbocycles. The fourth-order valence-electron chi connectivity index (χ4n) is 3.14. The Kier molecular flexibility index (Phi) is 5.86. The number of carbonyl (C=O) groups is 1. The molecule has 2 heterocycles. The number of hydrogen-bond acceptors (Lipinski definition) is 4. The molecule has 134 valence electrons. The summed E-state index contributed by atoms with van der Waals surface area (Å²) in [4.78, 5) is 21.5. The van der Waals surface area contributed by atoms with E-state index in [-0.39, 0.29) is 12.1 Å². The molecule has 2 atom stereocenters. The van der Waals surface area contributed by atoms with Crippen molar-refractivity contribution in [2.75, 3.05) is 18.5 Å². The van der Waals surface area contributed by atoms with Crippen molar-refractivity contribution in [1.82, 2.24) is 9.88 Å². The van der Waals surface area contributed by atoms with Gasteiger partial charge in [-0.2, -0.15) is 0 Å².